The minimum Gasteiger partial charge on any atom is -0.355 e. The van der Waals surface area contributed by atoms with E-state index in [-0.39, 0.29) is 0 Å². The molecular formula is C14H16N2O. The molecule has 0 aliphatic rings. The number of rotatable bonds is 5. The van der Waals surface area contributed by atoms with Crippen LogP contribution in [-0.2, 0) is 17.9 Å². The molecule has 3 heteroatoms. The first kappa shape index (κ1) is 11.6. The third-order valence-electron chi connectivity index (χ3n) is 2.79. The van der Waals surface area contributed by atoms with Crippen molar-refractivity contribution in [3.8, 4) is 0 Å². The molecule has 0 radical (unpaired) electrons. The van der Waals surface area contributed by atoms with Crippen LogP contribution in [0.25, 0.3) is 10.8 Å². The Morgan fingerprint density at radius 3 is 2.82 bits per heavy atom. The van der Waals surface area contributed by atoms with Gasteiger partial charge in [-0.3, -0.25) is 4.79 Å². The largest absolute Gasteiger partial charge is 0.355 e. The fourth-order valence-electron chi connectivity index (χ4n) is 2.02. The lowest BCUT2D eigenvalue weighted by Gasteiger charge is -2.08. The summed E-state index contributed by atoms with van der Waals surface area (Å²) in [6.45, 7) is 1.44. The monoisotopic (exact) mass is 228 g/mol. The number of benzene rings is 2. The first-order valence-electron chi connectivity index (χ1n) is 5.67. The summed E-state index contributed by atoms with van der Waals surface area (Å²) in [6, 6.07) is 12.6. The third-order valence-corrected chi connectivity index (χ3v) is 2.79. The second kappa shape index (κ2) is 5.46. The van der Waals surface area contributed by atoms with Gasteiger partial charge in [-0.05, 0) is 35.0 Å². The van der Waals surface area contributed by atoms with Gasteiger partial charge in [0.2, 0.25) is 6.41 Å². The Morgan fingerprint density at radius 2 is 2.06 bits per heavy atom. The van der Waals surface area contributed by atoms with Crippen LogP contribution in [-0.4, -0.2) is 13.5 Å². The molecule has 0 aliphatic heterocycles. The van der Waals surface area contributed by atoms with Gasteiger partial charge in [-0.25, -0.2) is 0 Å². The van der Waals surface area contributed by atoms with Gasteiger partial charge >= 0.3 is 0 Å². The second-order valence-corrected chi connectivity index (χ2v) is 4.00. The highest BCUT2D eigenvalue weighted by molar-refractivity contribution is 5.86. The van der Waals surface area contributed by atoms with Crippen molar-refractivity contribution in [1.82, 2.24) is 10.6 Å². The van der Waals surface area contributed by atoms with E-state index in [1.165, 1.54) is 16.3 Å². The summed E-state index contributed by atoms with van der Waals surface area (Å²) in [5, 5.41) is 8.25. The number of nitrogens with one attached hydrogen (secondary N) is 2. The zero-order valence-corrected chi connectivity index (χ0v) is 9.86. The first-order chi connectivity index (χ1) is 8.35. The summed E-state index contributed by atoms with van der Waals surface area (Å²) >= 11 is 0. The van der Waals surface area contributed by atoms with Gasteiger partial charge in [0.1, 0.15) is 0 Å². The van der Waals surface area contributed by atoms with Crippen LogP contribution in [0.4, 0.5) is 0 Å². The van der Waals surface area contributed by atoms with Crippen LogP contribution < -0.4 is 10.6 Å². The van der Waals surface area contributed by atoms with Gasteiger partial charge in [0.25, 0.3) is 0 Å². The van der Waals surface area contributed by atoms with E-state index in [0.717, 1.165) is 18.5 Å². The molecule has 0 saturated carbocycles. The van der Waals surface area contributed by atoms with Crippen molar-refractivity contribution in [2.24, 2.45) is 0 Å². The Balaban J connectivity index is 2.39. The highest BCUT2D eigenvalue weighted by Gasteiger charge is 2.01. The Bertz CT molecular complexity index is 523. The molecule has 2 aromatic carbocycles. The van der Waals surface area contributed by atoms with Crippen molar-refractivity contribution in [3.05, 3.63) is 47.5 Å². The molecule has 0 aromatic heterocycles. The molecule has 2 N–H and O–H groups in total. The van der Waals surface area contributed by atoms with Crippen molar-refractivity contribution in [2.45, 2.75) is 13.1 Å². The van der Waals surface area contributed by atoms with Gasteiger partial charge < -0.3 is 10.6 Å². The van der Waals surface area contributed by atoms with Crippen molar-refractivity contribution in [1.29, 1.82) is 0 Å². The first-order valence-corrected chi connectivity index (χ1v) is 5.67. The van der Waals surface area contributed by atoms with Gasteiger partial charge in [-0.2, -0.15) is 0 Å². The van der Waals surface area contributed by atoms with Crippen LogP contribution in [0.1, 0.15) is 11.1 Å². The van der Waals surface area contributed by atoms with Crippen LogP contribution >= 0.6 is 0 Å². The number of carbonyl (C=O) groups is 1. The molecule has 0 saturated heterocycles. The molecule has 2 rings (SSSR count). The Morgan fingerprint density at radius 1 is 1.18 bits per heavy atom. The topological polar surface area (TPSA) is 41.1 Å². The maximum absolute atomic E-state index is 10.3. The zero-order chi connectivity index (χ0) is 12.1. The summed E-state index contributed by atoms with van der Waals surface area (Å²) in [7, 11) is 1.94. The van der Waals surface area contributed by atoms with Crippen molar-refractivity contribution in [3.63, 3.8) is 0 Å². The number of hydrogen-bond acceptors (Lipinski definition) is 2. The molecule has 0 fully saturated rings. The summed E-state index contributed by atoms with van der Waals surface area (Å²) in [6.07, 6.45) is 0.730. The van der Waals surface area contributed by atoms with Crippen LogP contribution in [0.15, 0.2) is 36.4 Å². The second-order valence-electron chi connectivity index (χ2n) is 4.00. The van der Waals surface area contributed by atoms with E-state index in [0.29, 0.717) is 6.54 Å². The molecule has 0 spiro atoms. The van der Waals surface area contributed by atoms with Crippen LogP contribution in [0.3, 0.4) is 0 Å². The van der Waals surface area contributed by atoms with Crippen molar-refractivity contribution >= 4 is 17.2 Å². The predicted octanol–water partition coefficient (Wildman–Crippen LogP) is 1.81. The Labute approximate surface area is 101 Å². The maximum Gasteiger partial charge on any atom is 0.207 e. The third kappa shape index (κ3) is 2.63. The van der Waals surface area contributed by atoms with Gasteiger partial charge in [0.05, 0.1) is 0 Å². The molecule has 88 valence electrons. The van der Waals surface area contributed by atoms with Gasteiger partial charge in [-0.1, -0.05) is 30.3 Å². The normalized spacial score (nSPS) is 10.4. The number of amides is 1. The van der Waals surface area contributed by atoms with E-state index in [2.05, 4.69) is 34.9 Å². The highest BCUT2D eigenvalue weighted by atomic mass is 16.1. The molecular weight excluding hydrogens is 212 g/mol. The summed E-state index contributed by atoms with van der Waals surface area (Å²) < 4.78 is 0. The average molecular weight is 228 g/mol. The van der Waals surface area contributed by atoms with E-state index in [9.17, 15) is 4.79 Å². The molecule has 17 heavy (non-hydrogen) atoms. The summed E-state index contributed by atoms with van der Waals surface area (Å²) in [5.41, 5.74) is 2.41. The fraction of sp³-hybridized carbons (Fsp3) is 0.214. The van der Waals surface area contributed by atoms with E-state index in [4.69, 9.17) is 0 Å². The molecule has 0 bridgehead atoms. The molecule has 0 aliphatic carbocycles. The lowest BCUT2D eigenvalue weighted by atomic mass is 10.0. The molecule has 2 aromatic rings. The minimum absolute atomic E-state index is 0.576. The van der Waals surface area contributed by atoms with Crippen LogP contribution in [0, 0.1) is 0 Å². The molecule has 0 heterocycles. The lowest BCUT2D eigenvalue weighted by Crippen LogP contribution is -2.10. The average Bonchev–Trinajstić information content (AvgIpc) is 2.36. The van der Waals surface area contributed by atoms with E-state index >= 15 is 0 Å². The Hall–Kier alpha value is -1.87. The SMILES string of the molecule is CNCc1ccc2c(CNC=O)cccc2c1. The van der Waals surface area contributed by atoms with Crippen molar-refractivity contribution < 1.29 is 4.79 Å². The zero-order valence-electron chi connectivity index (χ0n) is 9.86. The van der Waals surface area contributed by atoms with E-state index in [1.54, 1.807) is 0 Å². The van der Waals surface area contributed by atoms with E-state index < -0.39 is 0 Å². The smallest absolute Gasteiger partial charge is 0.207 e. The van der Waals surface area contributed by atoms with Gasteiger partial charge in [0, 0.05) is 13.1 Å². The standard InChI is InChI=1S/C14H16N2O/c1-15-8-11-5-6-14-12(7-11)3-2-4-13(14)9-16-10-17/h2-7,10,15H,8-9H2,1H3,(H,16,17). The maximum atomic E-state index is 10.3. The van der Waals surface area contributed by atoms with Crippen LogP contribution in [0.2, 0.25) is 0 Å². The van der Waals surface area contributed by atoms with Crippen molar-refractivity contribution in [2.75, 3.05) is 7.05 Å². The Kier molecular flexibility index (Phi) is 3.73. The quantitative estimate of drug-likeness (QED) is 0.766. The molecule has 3 nitrogen and oxygen atoms in total. The van der Waals surface area contributed by atoms with Gasteiger partial charge in [-0.15, -0.1) is 0 Å². The molecule has 0 unspecified atom stereocenters. The highest BCUT2D eigenvalue weighted by Crippen LogP contribution is 2.20. The minimum atomic E-state index is 0.576. The number of fused-ring (bicyclic) bond motifs is 1. The fourth-order valence-corrected chi connectivity index (χ4v) is 2.02. The molecule has 0 atom stereocenters. The number of carbonyl (C=O) groups excluding carboxylic acids is 1. The lowest BCUT2D eigenvalue weighted by molar-refractivity contribution is -0.109. The summed E-state index contributed by atoms with van der Waals surface area (Å²) in [5.74, 6) is 0. The number of hydrogen-bond donors (Lipinski definition) is 2. The predicted molar refractivity (Wildman–Crippen MR) is 69.6 cm³/mol. The van der Waals surface area contributed by atoms with Gasteiger partial charge in [0.15, 0.2) is 0 Å². The van der Waals surface area contributed by atoms with E-state index in [1.807, 2.05) is 19.2 Å². The van der Waals surface area contributed by atoms with Crippen LogP contribution in [0.5, 0.6) is 0 Å². The molecule has 1 amide bonds. The summed E-state index contributed by atoms with van der Waals surface area (Å²) in [4.78, 5) is 10.3.